The maximum absolute atomic E-state index is 5.48. The third-order valence-corrected chi connectivity index (χ3v) is 3.92. The number of hydrogen-bond donors (Lipinski definition) is 1. The van der Waals surface area contributed by atoms with Crippen molar-refractivity contribution in [1.82, 2.24) is 5.32 Å². The van der Waals surface area contributed by atoms with Crippen LogP contribution < -0.4 is 15.0 Å². The molecule has 2 aromatic rings. The molecule has 2 aromatic carbocycles. The van der Waals surface area contributed by atoms with Gasteiger partial charge in [-0.05, 0) is 42.3 Å². The molecule has 0 radical (unpaired) electrons. The number of nitrogens with one attached hydrogen (secondary N) is 1. The molecule has 1 heterocycles. The predicted octanol–water partition coefficient (Wildman–Crippen LogP) is 3.11. The number of ether oxygens (including phenoxy) is 1. The molecule has 0 aromatic heterocycles. The first-order valence-corrected chi connectivity index (χ1v) is 6.99. The molecule has 0 bridgehead atoms. The van der Waals surface area contributed by atoms with E-state index in [1.54, 1.807) is 7.11 Å². The van der Waals surface area contributed by atoms with Gasteiger partial charge in [0.2, 0.25) is 0 Å². The first-order valence-electron chi connectivity index (χ1n) is 6.99. The zero-order chi connectivity index (χ0) is 13.9. The summed E-state index contributed by atoms with van der Waals surface area (Å²) >= 11 is 0. The van der Waals surface area contributed by atoms with Gasteiger partial charge in [-0.1, -0.05) is 24.3 Å². The minimum absolute atomic E-state index is 0.904. The largest absolute Gasteiger partial charge is 0.495 e. The maximum Gasteiger partial charge on any atom is 0.142 e. The molecule has 0 fully saturated rings. The van der Waals surface area contributed by atoms with Gasteiger partial charge in [0, 0.05) is 19.3 Å². The Morgan fingerprint density at radius 3 is 2.70 bits per heavy atom. The zero-order valence-corrected chi connectivity index (χ0v) is 12.0. The van der Waals surface area contributed by atoms with Crippen LogP contribution in [0.1, 0.15) is 11.1 Å². The number of rotatable bonds is 3. The summed E-state index contributed by atoms with van der Waals surface area (Å²) in [5.74, 6) is 0.904. The molecule has 0 saturated carbocycles. The summed E-state index contributed by atoms with van der Waals surface area (Å²) in [5.41, 5.74) is 5.21. The van der Waals surface area contributed by atoms with Gasteiger partial charge in [0.25, 0.3) is 0 Å². The van der Waals surface area contributed by atoms with Crippen molar-refractivity contribution in [2.24, 2.45) is 0 Å². The van der Waals surface area contributed by atoms with Gasteiger partial charge in [-0.15, -0.1) is 0 Å². The highest BCUT2D eigenvalue weighted by atomic mass is 16.5. The van der Waals surface area contributed by atoms with Gasteiger partial charge in [-0.3, -0.25) is 0 Å². The van der Waals surface area contributed by atoms with E-state index in [9.17, 15) is 0 Å². The van der Waals surface area contributed by atoms with Crippen LogP contribution in [-0.4, -0.2) is 20.7 Å². The number of nitrogens with zero attached hydrogens (tertiary/aromatic N) is 1. The summed E-state index contributed by atoms with van der Waals surface area (Å²) in [5, 5.41) is 3.43. The van der Waals surface area contributed by atoms with E-state index in [4.69, 9.17) is 4.74 Å². The van der Waals surface area contributed by atoms with Gasteiger partial charge in [0.05, 0.1) is 12.8 Å². The van der Waals surface area contributed by atoms with Crippen molar-refractivity contribution < 1.29 is 4.74 Å². The number of hydrogen-bond acceptors (Lipinski definition) is 3. The lowest BCUT2D eigenvalue weighted by Crippen LogP contribution is -2.25. The van der Waals surface area contributed by atoms with Gasteiger partial charge in [-0.2, -0.15) is 0 Å². The van der Waals surface area contributed by atoms with Crippen LogP contribution in [0, 0.1) is 0 Å². The highest BCUT2D eigenvalue weighted by Gasteiger charge is 2.17. The second-order valence-electron chi connectivity index (χ2n) is 5.07. The Labute approximate surface area is 120 Å². The van der Waals surface area contributed by atoms with E-state index in [2.05, 4.69) is 41.5 Å². The fourth-order valence-electron chi connectivity index (χ4n) is 2.86. The summed E-state index contributed by atoms with van der Waals surface area (Å²) in [6.45, 7) is 2.01. The lowest BCUT2D eigenvalue weighted by atomic mass is 9.98. The number of benzene rings is 2. The number of anilines is 2. The van der Waals surface area contributed by atoms with E-state index in [0.717, 1.165) is 30.9 Å². The van der Waals surface area contributed by atoms with Gasteiger partial charge < -0.3 is 15.0 Å². The topological polar surface area (TPSA) is 24.5 Å². The van der Waals surface area contributed by atoms with Gasteiger partial charge >= 0.3 is 0 Å². The molecule has 1 aliphatic rings. The average molecular weight is 268 g/mol. The van der Waals surface area contributed by atoms with Crippen molar-refractivity contribution in [3.05, 3.63) is 53.6 Å². The molecule has 3 rings (SSSR count). The van der Waals surface area contributed by atoms with E-state index < -0.39 is 0 Å². The Hall–Kier alpha value is -2.00. The Morgan fingerprint density at radius 2 is 1.85 bits per heavy atom. The van der Waals surface area contributed by atoms with Crippen LogP contribution in [-0.2, 0) is 13.0 Å². The van der Waals surface area contributed by atoms with Crippen molar-refractivity contribution in [2.75, 3.05) is 25.6 Å². The van der Waals surface area contributed by atoms with Crippen molar-refractivity contribution in [2.45, 2.75) is 13.0 Å². The smallest absolute Gasteiger partial charge is 0.142 e. The van der Waals surface area contributed by atoms with Crippen molar-refractivity contribution in [3.8, 4) is 5.75 Å². The van der Waals surface area contributed by atoms with Crippen LogP contribution >= 0.6 is 0 Å². The highest BCUT2D eigenvalue weighted by molar-refractivity contribution is 5.71. The van der Waals surface area contributed by atoms with Crippen LogP contribution in [0.3, 0.4) is 0 Å². The van der Waals surface area contributed by atoms with E-state index in [-0.39, 0.29) is 0 Å². The summed E-state index contributed by atoms with van der Waals surface area (Å²) in [6.07, 6.45) is 1.07. The molecule has 0 aliphatic carbocycles. The van der Waals surface area contributed by atoms with Crippen LogP contribution in [0.15, 0.2) is 42.5 Å². The molecule has 3 nitrogen and oxygen atoms in total. The van der Waals surface area contributed by atoms with E-state index in [1.807, 2.05) is 18.2 Å². The standard InChI is InChI=1S/C17H20N2O/c1-19(16-7-3-4-9-17(16)20-2)15-8-5-6-13-12-18-11-10-14(13)15/h3-9,18H,10-12H2,1-2H3. The summed E-state index contributed by atoms with van der Waals surface area (Å²) < 4.78 is 5.48. The summed E-state index contributed by atoms with van der Waals surface area (Å²) in [4.78, 5) is 2.23. The van der Waals surface area contributed by atoms with Gasteiger partial charge in [0.15, 0.2) is 0 Å². The highest BCUT2D eigenvalue weighted by Crippen LogP contribution is 2.35. The van der Waals surface area contributed by atoms with Crippen LogP contribution in [0.25, 0.3) is 0 Å². The summed E-state index contributed by atoms with van der Waals surface area (Å²) in [7, 11) is 3.83. The summed E-state index contributed by atoms with van der Waals surface area (Å²) in [6, 6.07) is 14.7. The monoisotopic (exact) mass is 268 g/mol. The Kier molecular flexibility index (Phi) is 3.61. The van der Waals surface area contributed by atoms with Crippen molar-refractivity contribution in [1.29, 1.82) is 0 Å². The minimum Gasteiger partial charge on any atom is -0.495 e. The molecular weight excluding hydrogens is 248 g/mol. The molecule has 1 N–H and O–H groups in total. The van der Waals surface area contributed by atoms with E-state index in [0.29, 0.717) is 0 Å². The van der Waals surface area contributed by atoms with E-state index >= 15 is 0 Å². The molecule has 104 valence electrons. The van der Waals surface area contributed by atoms with Crippen molar-refractivity contribution >= 4 is 11.4 Å². The Bertz CT molecular complexity index is 610. The lowest BCUT2D eigenvalue weighted by Gasteiger charge is -2.28. The number of methoxy groups -OCH3 is 1. The quantitative estimate of drug-likeness (QED) is 0.925. The first-order chi connectivity index (χ1) is 9.81. The lowest BCUT2D eigenvalue weighted by molar-refractivity contribution is 0.415. The molecule has 0 spiro atoms. The molecular formula is C17H20N2O. The molecule has 3 heteroatoms. The molecule has 0 amide bonds. The molecule has 0 saturated heterocycles. The minimum atomic E-state index is 0.904. The van der Waals surface area contributed by atoms with Crippen LogP contribution in [0.2, 0.25) is 0 Å². The van der Waals surface area contributed by atoms with Crippen LogP contribution in [0.5, 0.6) is 5.75 Å². The number of para-hydroxylation sites is 2. The Balaban J connectivity index is 2.04. The predicted molar refractivity (Wildman–Crippen MR) is 82.9 cm³/mol. The molecule has 0 unspecified atom stereocenters. The van der Waals surface area contributed by atoms with E-state index in [1.165, 1.54) is 16.8 Å². The molecule has 20 heavy (non-hydrogen) atoms. The average Bonchev–Trinajstić information content (AvgIpc) is 2.53. The maximum atomic E-state index is 5.48. The fraction of sp³-hybridized carbons (Fsp3) is 0.294. The van der Waals surface area contributed by atoms with Gasteiger partial charge in [-0.25, -0.2) is 0 Å². The third-order valence-electron chi connectivity index (χ3n) is 3.92. The molecule has 1 aliphatic heterocycles. The fourth-order valence-corrected chi connectivity index (χ4v) is 2.86. The normalized spacial score (nSPS) is 13.7. The van der Waals surface area contributed by atoms with Crippen molar-refractivity contribution in [3.63, 3.8) is 0 Å². The third kappa shape index (κ3) is 2.25. The Morgan fingerprint density at radius 1 is 1.05 bits per heavy atom. The second-order valence-corrected chi connectivity index (χ2v) is 5.07. The van der Waals surface area contributed by atoms with Crippen LogP contribution in [0.4, 0.5) is 11.4 Å². The zero-order valence-electron chi connectivity index (χ0n) is 12.0. The molecule has 0 atom stereocenters. The second kappa shape index (κ2) is 5.55. The first kappa shape index (κ1) is 13.0. The van der Waals surface area contributed by atoms with Gasteiger partial charge in [0.1, 0.15) is 5.75 Å². The SMILES string of the molecule is COc1ccccc1N(C)c1cccc2c1CCNC2. The number of fused-ring (bicyclic) bond motifs is 1.